The highest BCUT2D eigenvalue weighted by molar-refractivity contribution is 6.35. The first-order valence-electron chi connectivity index (χ1n) is 17.1. The Labute approximate surface area is 307 Å². The zero-order valence-electron chi connectivity index (χ0n) is 28.2. The average molecular weight is 729 g/mol. The van der Waals surface area contributed by atoms with E-state index in [0.717, 1.165) is 35.3 Å². The normalized spacial score (nSPS) is 19.9. The van der Waals surface area contributed by atoms with Gasteiger partial charge in [-0.25, -0.2) is 0 Å². The lowest BCUT2D eigenvalue weighted by molar-refractivity contribution is -0.144. The van der Waals surface area contributed by atoms with Gasteiger partial charge in [-0.3, -0.25) is 14.4 Å². The number of amides is 2. The molecule has 1 N–H and O–H groups in total. The number of nitrogens with one attached hydrogen (secondary N) is 1. The molecule has 1 aliphatic carbocycles. The zero-order valence-corrected chi connectivity index (χ0v) is 29.7. The Morgan fingerprint density at radius 3 is 2.41 bits per heavy atom. The van der Waals surface area contributed by atoms with Crippen LogP contribution in [0.4, 0.5) is 0 Å². The average Bonchev–Trinajstić information content (AvgIpc) is 3.14. The number of hydrogen-bond acceptors (Lipinski definition) is 7. The lowest BCUT2D eigenvalue weighted by Crippen LogP contribution is -2.55. The van der Waals surface area contributed by atoms with E-state index in [4.69, 9.17) is 32.7 Å². The Bertz CT molecular complexity index is 1900. The van der Waals surface area contributed by atoms with Crippen LogP contribution in [0.25, 0.3) is 0 Å². The van der Waals surface area contributed by atoms with Crippen molar-refractivity contribution >= 4 is 41.0 Å². The third-order valence-electron chi connectivity index (χ3n) is 9.74. The lowest BCUT2D eigenvalue weighted by Gasteiger charge is -2.48. The van der Waals surface area contributed by atoms with Crippen molar-refractivity contribution in [3.05, 3.63) is 139 Å². The van der Waals surface area contributed by atoms with Crippen LogP contribution in [-0.4, -0.2) is 48.4 Å². The molecule has 11 heteroatoms. The van der Waals surface area contributed by atoms with E-state index in [1.165, 1.54) is 0 Å². The number of benzene rings is 4. The van der Waals surface area contributed by atoms with Gasteiger partial charge in [0.05, 0.1) is 31.5 Å². The fraction of sp³-hybridized carbons (Fsp3) is 0.325. The number of carbonyl (C=O) groups is 3. The number of fused-ring (bicyclic) bond motifs is 1. The highest BCUT2D eigenvalue weighted by Gasteiger charge is 2.49. The van der Waals surface area contributed by atoms with Gasteiger partial charge in [-0.15, -0.1) is 0 Å². The quantitative estimate of drug-likeness (QED) is 0.117. The Morgan fingerprint density at radius 2 is 1.65 bits per heavy atom. The van der Waals surface area contributed by atoms with E-state index in [9.17, 15) is 19.3 Å². The molecule has 1 aliphatic heterocycles. The molecule has 0 saturated heterocycles. The third kappa shape index (κ3) is 8.26. The molecule has 2 amide bonds. The molecule has 9 nitrogen and oxygen atoms in total. The number of carbonyl (C=O) groups excluding carboxylic acids is 3. The Hall–Kier alpha value is -4.73. The minimum atomic E-state index is -0.821. The molecule has 0 aromatic heterocycles. The summed E-state index contributed by atoms with van der Waals surface area (Å²) in [5.74, 6) is -0.970. The van der Waals surface area contributed by atoms with Crippen molar-refractivity contribution < 1.29 is 23.9 Å². The van der Waals surface area contributed by atoms with Gasteiger partial charge in [0, 0.05) is 22.2 Å². The molecule has 0 radical (unpaired) electrons. The second-order valence-corrected chi connectivity index (χ2v) is 13.8. The minimum Gasteiger partial charge on any atom is -0.497 e. The predicted molar refractivity (Wildman–Crippen MR) is 196 cm³/mol. The molecule has 1 heterocycles. The molecule has 264 valence electrons. The summed E-state index contributed by atoms with van der Waals surface area (Å²) in [6.45, 7) is 0.469. The number of esters is 1. The highest BCUT2D eigenvalue weighted by Crippen LogP contribution is 2.48. The summed E-state index contributed by atoms with van der Waals surface area (Å²) in [6, 6.07) is 25.3. The molecule has 1 saturated carbocycles. The fourth-order valence-electron chi connectivity index (χ4n) is 7.25. The Balaban J connectivity index is 1.19. The first-order valence-corrected chi connectivity index (χ1v) is 17.9. The summed E-state index contributed by atoms with van der Waals surface area (Å²) in [4.78, 5) is 55.0. The fourth-order valence-corrected chi connectivity index (χ4v) is 7.77. The van der Waals surface area contributed by atoms with Gasteiger partial charge in [-0.2, -0.15) is 4.91 Å². The molecule has 6 rings (SSSR count). The number of ether oxygens (including phenoxy) is 2. The number of nitroso groups, excluding NO2 is 1. The summed E-state index contributed by atoms with van der Waals surface area (Å²) >= 11 is 13.1. The van der Waals surface area contributed by atoms with E-state index in [1.807, 2.05) is 54.6 Å². The van der Waals surface area contributed by atoms with E-state index in [0.29, 0.717) is 52.5 Å². The Morgan fingerprint density at radius 1 is 0.882 bits per heavy atom. The van der Waals surface area contributed by atoms with Crippen LogP contribution < -0.4 is 10.1 Å². The smallest absolute Gasteiger partial charge is 0.310 e. The second kappa shape index (κ2) is 16.5. The number of methoxy groups -OCH3 is 1. The SMILES string of the molecule is COc1ccc(COC(=O)Cc2cccc(CCNC(=O)[C@@H]3c4ccccc4C(=O)N([C@H]4CCCC[C@@H]4N=O)[C@H]3c3ccc(Cl)cc3Cl)c2)cc1. The first kappa shape index (κ1) is 36.1. The molecule has 51 heavy (non-hydrogen) atoms. The number of halogens is 2. The van der Waals surface area contributed by atoms with Crippen molar-refractivity contribution in [1.82, 2.24) is 10.2 Å². The van der Waals surface area contributed by atoms with Crippen LogP contribution >= 0.6 is 23.2 Å². The molecular formula is C40H39Cl2N3O6. The van der Waals surface area contributed by atoms with Crippen LogP contribution in [0.5, 0.6) is 5.75 Å². The van der Waals surface area contributed by atoms with Crippen LogP contribution in [0.1, 0.15) is 75.8 Å². The summed E-state index contributed by atoms with van der Waals surface area (Å²) in [5.41, 5.74) is 4.19. The van der Waals surface area contributed by atoms with Crippen LogP contribution in [-0.2, 0) is 33.8 Å². The molecule has 0 unspecified atom stereocenters. The minimum absolute atomic E-state index is 0.112. The van der Waals surface area contributed by atoms with Crippen molar-refractivity contribution in [3.63, 3.8) is 0 Å². The van der Waals surface area contributed by atoms with E-state index >= 15 is 0 Å². The molecule has 1 fully saturated rings. The third-order valence-corrected chi connectivity index (χ3v) is 10.3. The maximum absolute atomic E-state index is 14.4. The van der Waals surface area contributed by atoms with E-state index in [-0.39, 0.29) is 30.8 Å². The number of hydrogen-bond donors (Lipinski definition) is 1. The highest BCUT2D eigenvalue weighted by atomic mass is 35.5. The maximum atomic E-state index is 14.4. The summed E-state index contributed by atoms with van der Waals surface area (Å²) < 4.78 is 10.7. The van der Waals surface area contributed by atoms with Gasteiger partial charge < -0.3 is 19.7 Å². The van der Waals surface area contributed by atoms with Gasteiger partial charge in [0.15, 0.2) is 0 Å². The second-order valence-electron chi connectivity index (χ2n) is 13.0. The molecule has 4 aromatic rings. The van der Waals surface area contributed by atoms with Gasteiger partial charge in [-0.05, 0) is 77.4 Å². The van der Waals surface area contributed by atoms with Gasteiger partial charge >= 0.3 is 5.97 Å². The largest absolute Gasteiger partial charge is 0.497 e. The first-order chi connectivity index (χ1) is 24.8. The summed E-state index contributed by atoms with van der Waals surface area (Å²) in [7, 11) is 1.60. The van der Waals surface area contributed by atoms with Crippen molar-refractivity contribution in [2.45, 2.75) is 69.2 Å². The van der Waals surface area contributed by atoms with Crippen LogP contribution in [0.15, 0.2) is 96.2 Å². The van der Waals surface area contributed by atoms with Crippen molar-refractivity contribution in [3.8, 4) is 5.75 Å². The van der Waals surface area contributed by atoms with Crippen LogP contribution in [0.3, 0.4) is 0 Å². The molecule has 4 atom stereocenters. The van der Waals surface area contributed by atoms with Crippen molar-refractivity contribution in [1.29, 1.82) is 0 Å². The van der Waals surface area contributed by atoms with E-state index in [1.54, 1.807) is 48.4 Å². The van der Waals surface area contributed by atoms with E-state index < -0.39 is 24.0 Å². The standard InChI is InChI=1S/C40H39Cl2N3O6/c1-50-29-16-13-26(14-17-29)24-51-36(46)22-27-8-6-7-25(21-27)19-20-43-39(47)37-30-9-2-3-10-31(30)40(48)45(35-12-5-4-11-34(35)44-49)38(37)32-18-15-28(41)23-33(32)42/h2-3,6-10,13-18,21,23,34-35,37-38H,4-5,11-12,19-20,22,24H2,1H3,(H,43,47)/t34-,35-,37+,38-/m0/s1. The monoisotopic (exact) mass is 727 g/mol. The topological polar surface area (TPSA) is 114 Å². The Kier molecular flexibility index (Phi) is 11.7. The molecular weight excluding hydrogens is 689 g/mol. The lowest BCUT2D eigenvalue weighted by atomic mass is 9.76. The van der Waals surface area contributed by atoms with Gasteiger partial charge in [-0.1, -0.05) is 102 Å². The zero-order chi connectivity index (χ0) is 35.9. The van der Waals surface area contributed by atoms with Crippen molar-refractivity contribution in [2.24, 2.45) is 5.18 Å². The summed E-state index contributed by atoms with van der Waals surface area (Å²) in [5, 5.41) is 7.30. The van der Waals surface area contributed by atoms with Crippen molar-refractivity contribution in [2.75, 3.05) is 13.7 Å². The van der Waals surface area contributed by atoms with Crippen LogP contribution in [0.2, 0.25) is 10.0 Å². The maximum Gasteiger partial charge on any atom is 0.310 e. The van der Waals surface area contributed by atoms with Gasteiger partial charge in [0.25, 0.3) is 5.91 Å². The molecule has 2 aliphatic rings. The van der Waals surface area contributed by atoms with Crippen LogP contribution in [0, 0.1) is 4.91 Å². The summed E-state index contributed by atoms with van der Waals surface area (Å²) in [6.07, 6.45) is 3.44. The number of rotatable bonds is 12. The van der Waals surface area contributed by atoms with Gasteiger partial charge in [0.1, 0.15) is 18.4 Å². The predicted octanol–water partition coefficient (Wildman–Crippen LogP) is 8.01. The van der Waals surface area contributed by atoms with Gasteiger partial charge in [0.2, 0.25) is 5.91 Å². The van der Waals surface area contributed by atoms with E-state index in [2.05, 4.69) is 10.5 Å². The molecule has 0 spiro atoms. The molecule has 4 aromatic carbocycles. The molecule has 0 bridgehead atoms. The number of nitrogens with zero attached hydrogens (tertiary/aromatic N) is 2.